The molecule has 2 fully saturated rings. The molecule has 3 aromatic rings. The van der Waals surface area contributed by atoms with Gasteiger partial charge in [0.2, 0.25) is 5.91 Å². The van der Waals surface area contributed by atoms with Crippen molar-refractivity contribution in [3.8, 4) is 5.75 Å². The standard InChI is InChI=1S/C21H24N6O4/c1-24-19-18(20(29)25(2)21(24)30)26(12-23-19)11-17(28)27-13-3-4-14(27)10-16(9-13)31-15-5-7-22-8-6-15/h5-8,12-14,16H,3-4,9-11H2,1-2H3. The first-order valence-corrected chi connectivity index (χ1v) is 10.4. The maximum Gasteiger partial charge on any atom is 0.332 e. The molecule has 0 saturated carbocycles. The van der Waals surface area contributed by atoms with E-state index >= 15 is 0 Å². The molecule has 1 amide bonds. The minimum absolute atomic E-state index is 0.0207. The molecular weight excluding hydrogens is 400 g/mol. The number of imidazole rings is 1. The summed E-state index contributed by atoms with van der Waals surface area (Å²) in [5, 5.41) is 0. The van der Waals surface area contributed by atoms with Crippen LogP contribution in [0.5, 0.6) is 5.75 Å². The molecule has 0 aliphatic carbocycles. The Hall–Kier alpha value is -3.43. The number of carbonyl (C=O) groups is 1. The van der Waals surface area contributed by atoms with E-state index in [4.69, 9.17) is 4.74 Å². The quantitative estimate of drug-likeness (QED) is 0.602. The molecule has 10 nitrogen and oxygen atoms in total. The highest BCUT2D eigenvalue weighted by Crippen LogP contribution is 2.37. The van der Waals surface area contributed by atoms with Crippen LogP contribution in [-0.4, -0.2) is 52.7 Å². The molecule has 5 heterocycles. The van der Waals surface area contributed by atoms with Crippen LogP contribution in [0, 0.1) is 0 Å². The molecule has 10 heteroatoms. The number of aromatic nitrogens is 5. The molecule has 2 aliphatic heterocycles. The number of amides is 1. The molecule has 162 valence electrons. The zero-order valence-electron chi connectivity index (χ0n) is 17.5. The summed E-state index contributed by atoms with van der Waals surface area (Å²) in [4.78, 5) is 48.2. The van der Waals surface area contributed by atoms with Gasteiger partial charge in [0.25, 0.3) is 5.56 Å². The lowest BCUT2D eigenvalue weighted by Gasteiger charge is -2.39. The molecule has 2 saturated heterocycles. The lowest BCUT2D eigenvalue weighted by molar-refractivity contribution is -0.137. The van der Waals surface area contributed by atoms with Gasteiger partial charge in [-0.25, -0.2) is 9.78 Å². The number of hydrogen-bond donors (Lipinski definition) is 0. The normalized spacial score (nSPS) is 22.8. The van der Waals surface area contributed by atoms with Gasteiger partial charge in [0.1, 0.15) is 18.4 Å². The van der Waals surface area contributed by atoms with Crippen molar-refractivity contribution in [2.24, 2.45) is 14.1 Å². The molecule has 5 rings (SSSR count). The minimum atomic E-state index is -0.448. The first-order chi connectivity index (χ1) is 14.9. The van der Waals surface area contributed by atoms with Crippen LogP contribution >= 0.6 is 0 Å². The molecule has 2 bridgehead atoms. The van der Waals surface area contributed by atoms with Gasteiger partial charge in [0, 0.05) is 51.4 Å². The zero-order chi connectivity index (χ0) is 21.7. The number of pyridine rings is 1. The van der Waals surface area contributed by atoms with Crippen molar-refractivity contribution in [2.45, 2.75) is 50.4 Å². The summed E-state index contributed by atoms with van der Waals surface area (Å²) in [6.45, 7) is 0.0207. The fourth-order valence-corrected chi connectivity index (χ4v) is 4.98. The Morgan fingerprint density at radius 2 is 1.77 bits per heavy atom. The van der Waals surface area contributed by atoms with Crippen LogP contribution in [0.4, 0.5) is 0 Å². The maximum atomic E-state index is 13.2. The van der Waals surface area contributed by atoms with Crippen molar-refractivity contribution in [1.29, 1.82) is 0 Å². The molecule has 0 N–H and O–H groups in total. The predicted molar refractivity (Wildman–Crippen MR) is 112 cm³/mol. The van der Waals surface area contributed by atoms with Gasteiger partial charge in [0.15, 0.2) is 11.2 Å². The Bertz CT molecular complexity index is 1250. The van der Waals surface area contributed by atoms with E-state index in [1.54, 1.807) is 24.0 Å². The van der Waals surface area contributed by atoms with Gasteiger partial charge in [-0.1, -0.05) is 0 Å². The van der Waals surface area contributed by atoms with Crippen LogP contribution in [0.3, 0.4) is 0 Å². The fraction of sp³-hybridized carbons (Fsp3) is 0.476. The number of hydrogen-bond acceptors (Lipinski definition) is 6. The van der Waals surface area contributed by atoms with E-state index in [1.807, 2.05) is 17.0 Å². The number of fused-ring (bicyclic) bond motifs is 3. The number of rotatable bonds is 4. The number of aryl methyl sites for hydroxylation is 1. The number of carbonyl (C=O) groups excluding carboxylic acids is 1. The van der Waals surface area contributed by atoms with Crippen LogP contribution in [0.15, 0.2) is 40.4 Å². The first kappa shape index (κ1) is 19.5. The van der Waals surface area contributed by atoms with Crippen molar-refractivity contribution >= 4 is 17.1 Å². The lowest BCUT2D eigenvalue weighted by Crippen LogP contribution is -2.50. The monoisotopic (exact) mass is 424 g/mol. The average Bonchev–Trinajstić information content (AvgIpc) is 3.30. The second-order valence-corrected chi connectivity index (χ2v) is 8.33. The van der Waals surface area contributed by atoms with Crippen LogP contribution < -0.4 is 16.0 Å². The van der Waals surface area contributed by atoms with Crippen LogP contribution in [0.2, 0.25) is 0 Å². The van der Waals surface area contributed by atoms with Gasteiger partial charge in [-0.2, -0.15) is 0 Å². The van der Waals surface area contributed by atoms with Crippen molar-refractivity contribution in [3.63, 3.8) is 0 Å². The van der Waals surface area contributed by atoms with Gasteiger partial charge in [-0.05, 0) is 25.0 Å². The van der Waals surface area contributed by atoms with Crippen LogP contribution in [0.25, 0.3) is 11.2 Å². The third-order valence-electron chi connectivity index (χ3n) is 6.45. The summed E-state index contributed by atoms with van der Waals surface area (Å²) in [5.74, 6) is 0.760. The van der Waals surface area contributed by atoms with E-state index in [0.717, 1.165) is 36.0 Å². The molecule has 0 aromatic carbocycles. The van der Waals surface area contributed by atoms with Crippen molar-refractivity contribution in [2.75, 3.05) is 0 Å². The molecule has 0 radical (unpaired) electrons. The molecule has 2 aliphatic rings. The number of piperidine rings is 1. The van der Waals surface area contributed by atoms with Crippen molar-refractivity contribution < 1.29 is 9.53 Å². The van der Waals surface area contributed by atoms with E-state index in [-0.39, 0.29) is 41.8 Å². The molecule has 2 atom stereocenters. The van der Waals surface area contributed by atoms with E-state index in [9.17, 15) is 14.4 Å². The summed E-state index contributed by atoms with van der Waals surface area (Å²) in [6, 6.07) is 3.94. The SMILES string of the molecule is Cn1c(=O)c2c(ncn2CC(=O)N2C3CCC2CC(Oc2ccncc2)C3)n(C)c1=O. The molecule has 2 unspecified atom stereocenters. The summed E-state index contributed by atoms with van der Waals surface area (Å²) in [7, 11) is 2.99. The van der Waals surface area contributed by atoms with Gasteiger partial charge < -0.3 is 14.2 Å². The molecular formula is C21H24N6O4. The average molecular weight is 424 g/mol. The lowest BCUT2D eigenvalue weighted by atomic mass is 9.99. The predicted octanol–water partition coefficient (Wildman–Crippen LogP) is 0.430. The van der Waals surface area contributed by atoms with Crippen molar-refractivity contribution in [1.82, 2.24) is 28.6 Å². The largest absolute Gasteiger partial charge is 0.490 e. The van der Waals surface area contributed by atoms with Gasteiger partial charge >= 0.3 is 5.69 Å². The Labute approximate surface area is 177 Å². The third-order valence-corrected chi connectivity index (χ3v) is 6.45. The Morgan fingerprint density at radius 1 is 1.10 bits per heavy atom. The zero-order valence-corrected chi connectivity index (χ0v) is 17.5. The topological polar surface area (TPSA) is 104 Å². The van der Waals surface area contributed by atoms with E-state index < -0.39 is 11.2 Å². The van der Waals surface area contributed by atoms with Crippen LogP contribution in [0.1, 0.15) is 25.7 Å². The highest BCUT2D eigenvalue weighted by atomic mass is 16.5. The fourth-order valence-electron chi connectivity index (χ4n) is 4.98. The van der Waals surface area contributed by atoms with E-state index in [0.29, 0.717) is 0 Å². The van der Waals surface area contributed by atoms with Gasteiger partial charge in [-0.3, -0.25) is 23.7 Å². The Balaban J connectivity index is 1.35. The molecule has 31 heavy (non-hydrogen) atoms. The highest BCUT2D eigenvalue weighted by Gasteiger charge is 2.44. The molecule has 3 aromatic heterocycles. The van der Waals surface area contributed by atoms with E-state index in [2.05, 4.69) is 9.97 Å². The van der Waals surface area contributed by atoms with E-state index in [1.165, 1.54) is 17.9 Å². The second-order valence-electron chi connectivity index (χ2n) is 8.33. The highest BCUT2D eigenvalue weighted by molar-refractivity contribution is 5.80. The number of nitrogens with zero attached hydrogens (tertiary/aromatic N) is 6. The van der Waals surface area contributed by atoms with Gasteiger partial charge in [-0.15, -0.1) is 0 Å². The van der Waals surface area contributed by atoms with Crippen molar-refractivity contribution in [3.05, 3.63) is 51.7 Å². The van der Waals surface area contributed by atoms with Crippen LogP contribution in [-0.2, 0) is 25.4 Å². The Kier molecular flexibility index (Phi) is 4.64. The second kappa shape index (κ2) is 7.36. The summed E-state index contributed by atoms with van der Waals surface area (Å²) in [5.41, 5.74) is -0.339. The summed E-state index contributed by atoms with van der Waals surface area (Å²) in [6.07, 6.45) is 8.42. The molecule has 0 spiro atoms. The minimum Gasteiger partial charge on any atom is -0.490 e. The summed E-state index contributed by atoms with van der Waals surface area (Å²) >= 11 is 0. The first-order valence-electron chi connectivity index (χ1n) is 10.4. The van der Waals surface area contributed by atoms with Gasteiger partial charge in [0.05, 0.1) is 6.33 Å². The smallest absolute Gasteiger partial charge is 0.332 e. The summed E-state index contributed by atoms with van der Waals surface area (Å²) < 4.78 is 10.0. The number of ether oxygens (including phenoxy) is 1. The third kappa shape index (κ3) is 3.22. The Morgan fingerprint density at radius 3 is 2.45 bits per heavy atom. The maximum absolute atomic E-state index is 13.2.